The maximum atomic E-state index is 12.3. The van der Waals surface area contributed by atoms with Crippen molar-refractivity contribution in [3.8, 4) is 0 Å². The monoisotopic (exact) mass is 260 g/mol. The van der Waals surface area contributed by atoms with Crippen molar-refractivity contribution in [1.82, 2.24) is 4.90 Å². The third-order valence-corrected chi connectivity index (χ3v) is 3.63. The van der Waals surface area contributed by atoms with Gasteiger partial charge in [0.15, 0.2) is 0 Å². The summed E-state index contributed by atoms with van der Waals surface area (Å²) in [5, 5.41) is 0. The number of fused-ring (bicyclic) bond motifs is 1. The topological polar surface area (TPSA) is 63.4 Å². The predicted molar refractivity (Wildman–Crippen MR) is 73.6 cm³/mol. The molecule has 1 heterocycles. The van der Waals surface area contributed by atoms with Crippen LogP contribution in [0.1, 0.15) is 36.7 Å². The zero-order chi connectivity index (χ0) is 14.2. The van der Waals surface area contributed by atoms with E-state index in [1.54, 1.807) is 6.07 Å². The van der Waals surface area contributed by atoms with Crippen LogP contribution in [0.2, 0.25) is 0 Å². The normalized spacial score (nSPS) is 17.4. The third-order valence-electron chi connectivity index (χ3n) is 3.63. The fraction of sp³-hybridized carbons (Fsp3) is 0.467. The molecule has 1 atom stereocenters. The Hall–Kier alpha value is -1.68. The number of carbonyl (C=O) groups is 2. The lowest BCUT2D eigenvalue weighted by Gasteiger charge is -2.34. The minimum absolute atomic E-state index is 0.141. The van der Waals surface area contributed by atoms with E-state index in [9.17, 15) is 9.59 Å². The van der Waals surface area contributed by atoms with E-state index >= 15 is 0 Å². The molecule has 0 aliphatic carbocycles. The average molecular weight is 260 g/mol. The Kier molecular flexibility index (Phi) is 3.45. The van der Waals surface area contributed by atoms with Gasteiger partial charge in [-0.2, -0.15) is 0 Å². The molecule has 1 aromatic rings. The fourth-order valence-electron chi connectivity index (χ4n) is 2.06. The van der Waals surface area contributed by atoms with Crippen molar-refractivity contribution in [2.75, 3.05) is 6.54 Å². The van der Waals surface area contributed by atoms with Gasteiger partial charge < -0.3 is 5.73 Å². The lowest BCUT2D eigenvalue weighted by Crippen LogP contribution is -2.51. The molecule has 2 rings (SSSR count). The number of nitrogens with zero attached hydrogens (tertiary/aromatic N) is 1. The average Bonchev–Trinajstić information content (AvgIpc) is 2.33. The van der Waals surface area contributed by atoms with E-state index in [0.717, 1.165) is 5.56 Å². The zero-order valence-corrected chi connectivity index (χ0v) is 11.6. The van der Waals surface area contributed by atoms with Gasteiger partial charge in [-0.3, -0.25) is 14.5 Å². The molecule has 0 fully saturated rings. The molecule has 19 heavy (non-hydrogen) atoms. The van der Waals surface area contributed by atoms with E-state index in [-0.39, 0.29) is 36.2 Å². The molecular formula is C15H20N2O2. The highest BCUT2D eigenvalue weighted by atomic mass is 16.2. The number of imide groups is 1. The van der Waals surface area contributed by atoms with Gasteiger partial charge in [0.2, 0.25) is 5.91 Å². The van der Waals surface area contributed by atoms with Crippen LogP contribution in [-0.4, -0.2) is 29.3 Å². The molecule has 2 N–H and O–H groups in total. The first-order chi connectivity index (χ1) is 8.80. The Bertz CT molecular complexity index is 517. The number of benzene rings is 1. The van der Waals surface area contributed by atoms with Crippen LogP contribution in [0.5, 0.6) is 0 Å². The van der Waals surface area contributed by atoms with Crippen LogP contribution in [0, 0.1) is 5.41 Å². The van der Waals surface area contributed by atoms with Crippen LogP contribution >= 0.6 is 0 Å². The highest BCUT2D eigenvalue weighted by molar-refractivity contribution is 6.09. The van der Waals surface area contributed by atoms with Crippen LogP contribution in [0.25, 0.3) is 0 Å². The molecule has 0 unspecified atom stereocenters. The van der Waals surface area contributed by atoms with Crippen LogP contribution in [0.4, 0.5) is 0 Å². The van der Waals surface area contributed by atoms with Gasteiger partial charge in [0.05, 0.1) is 6.42 Å². The minimum atomic E-state index is -0.231. The van der Waals surface area contributed by atoms with Gasteiger partial charge in [-0.25, -0.2) is 0 Å². The van der Waals surface area contributed by atoms with E-state index in [4.69, 9.17) is 5.73 Å². The van der Waals surface area contributed by atoms with Crippen molar-refractivity contribution in [3.05, 3.63) is 35.4 Å². The fourth-order valence-corrected chi connectivity index (χ4v) is 2.06. The summed E-state index contributed by atoms with van der Waals surface area (Å²) in [5.41, 5.74) is 7.36. The van der Waals surface area contributed by atoms with Crippen molar-refractivity contribution in [3.63, 3.8) is 0 Å². The number of hydrogen-bond acceptors (Lipinski definition) is 3. The second-order valence-corrected chi connectivity index (χ2v) is 6.12. The number of nitrogens with two attached hydrogens (primary N) is 1. The standard InChI is InChI=1S/C15H20N2O2/c1-15(2,3)12(16)9-17-13(18)8-10-6-4-5-7-11(10)14(17)19/h4-7,12H,8-9,16H2,1-3H3/t12-/m1/s1. The molecule has 0 saturated carbocycles. The second-order valence-electron chi connectivity index (χ2n) is 6.12. The van der Waals surface area contributed by atoms with Crippen LogP contribution < -0.4 is 5.73 Å². The molecule has 1 aromatic carbocycles. The van der Waals surface area contributed by atoms with Crippen molar-refractivity contribution >= 4 is 11.8 Å². The van der Waals surface area contributed by atoms with E-state index in [1.807, 2.05) is 39.0 Å². The number of carbonyl (C=O) groups excluding carboxylic acids is 2. The maximum absolute atomic E-state index is 12.3. The molecule has 0 spiro atoms. The largest absolute Gasteiger partial charge is 0.326 e. The summed E-state index contributed by atoms with van der Waals surface area (Å²) in [5.74, 6) is -0.394. The Morgan fingerprint density at radius 1 is 1.26 bits per heavy atom. The molecular weight excluding hydrogens is 240 g/mol. The SMILES string of the molecule is CC(C)(C)[C@H](N)CN1C(=O)Cc2ccccc2C1=O. The number of amides is 2. The molecule has 0 saturated heterocycles. The molecule has 0 bridgehead atoms. The summed E-state index contributed by atoms with van der Waals surface area (Å²) < 4.78 is 0. The van der Waals surface area contributed by atoms with Gasteiger partial charge in [0.25, 0.3) is 5.91 Å². The lowest BCUT2D eigenvalue weighted by molar-refractivity contribution is -0.128. The van der Waals surface area contributed by atoms with Crippen molar-refractivity contribution in [2.24, 2.45) is 11.1 Å². The first kappa shape index (κ1) is 13.7. The molecule has 102 valence electrons. The Morgan fingerprint density at radius 3 is 2.53 bits per heavy atom. The molecule has 0 radical (unpaired) electrons. The van der Waals surface area contributed by atoms with Crippen LogP contribution in [0.15, 0.2) is 24.3 Å². The lowest BCUT2D eigenvalue weighted by atomic mass is 9.86. The maximum Gasteiger partial charge on any atom is 0.260 e. The molecule has 2 amide bonds. The molecule has 4 heteroatoms. The smallest absolute Gasteiger partial charge is 0.260 e. The Balaban J connectivity index is 2.25. The van der Waals surface area contributed by atoms with Gasteiger partial charge in [0, 0.05) is 18.2 Å². The second kappa shape index (κ2) is 4.78. The summed E-state index contributed by atoms with van der Waals surface area (Å²) in [6, 6.07) is 7.02. The Labute approximate surface area is 113 Å². The summed E-state index contributed by atoms with van der Waals surface area (Å²) >= 11 is 0. The summed E-state index contributed by atoms with van der Waals surface area (Å²) in [7, 11) is 0. The first-order valence-electron chi connectivity index (χ1n) is 6.49. The summed E-state index contributed by atoms with van der Waals surface area (Å²) in [6.07, 6.45) is 0.277. The Morgan fingerprint density at radius 2 is 1.89 bits per heavy atom. The molecule has 4 nitrogen and oxygen atoms in total. The minimum Gasteiger partial charge on any atom is -0.326 e. The zero-order valence-electron chi connectivity index (χ0n) is 11.6. The van der Waals surface area contributed by atoms with E-state index < -0.39 is 0 Å². The van der Waals surface area contributed by atoms with E-state index in [1.165, 1.54) is 4.90 Å². The van der Waals surface area contributed by atoms with Gasteiger partial charge >= 0.3 is 0 Å². The third kappa shape index (κ3) is 2.68. The molecule has 1 aliphatic heterocycles. The number of rotatable bonds is 2. The van der Waals surface area contributed by atoms with Gasteiger partial charge in [-0.05, 0) is 17.0 Å². The van der Waals surface area contributed by atoms with Crippen LogP contribution in [0.3, 0.4) is 0 Å². The highest BCUT2D eigenvalue weighted by Gasteiger charge is 2.33. The quantitative estimate of drug-likeness (QED) is 0.821. The van der Waals surface area contributed by atoms with Gasteiger partial charge in [-0.15, -0.1) is 0 Å². The van der Waals surface area contributed by atoms with Crippen LogP contribution in [-0.2, 0) is 11.2 Å². The summed E-state index contributed by atoms with van der Waals surface area (Å²) in [6.45, 7) is 6.29. The molecule has 1 aliphatic rings. The first-order valence-corrected chi connectivity index (χ1v) is 6.49. The van der Waals surface area contributed by atoms with Crippen molar-refractivity contribution < 1.29 is 9.59 Å². The highest BCUT2D eigenvalue weighted by Crippen LogP contribution is 2.23. The van der Waals surface area contributed by atoms with E-state index in [2.05, 4.69) is 0 Å². The van der Waals surface area contributed by atoms with Crippen molar-refractivity contribution in [2.45, 2.75) is 33.2 Å². The summed E-state index contributed by atoms with van der Waals surface area (Å²) in [4.78, 5) is 25.7. The van der Waals surface area contributed by atoms with E-state index in [0.29, 0.717) is 5.56 Å². The number of hydrogen-bond donors (Lipinski definition) is 1. The van der Waals surface area contributed by atoms with Crippen molar-refractivity contribution in [1.29, 1.82) is 0 Å². The van der Waals surface area contributed by atoms with Gasteiger partial charge in [0.1, 0.15) is 0 Å². The predicted octanol–water partition coefficient (Wildman–Crippen LogP) is 1.58. The molecule has 0 aromatic heterocycles. The van der Waals surface area contributed by atoms with Gasteiger partial charge in [-0.1, -0.05) is 39.0 Å².